The fraction of sp³-hybridized carbons (Fsp3) is 0.267. The Bertz CT molecular complexity index is 748. The minimum absolute atomic E-state index is 0.396. The SMILES string of the molecule is CC(C)c1ccc(CNc2cc(Cl)nc3ncnn23)cc1. The molecular formula is C15H16ClN5. The molecule has 0 saturated carbocycles. The molecule has 0 radical (unpaired) electrons. The van der Waals surface area contributed by atoms with Gasteiger partial charge in [-0.2, -0.15) is 19.6 Å². The Morgan fingerprint density at radius 3 is 2.71 bits per heavy atom. The Morgan fingerprint density at radius 2 is 2.00 bits per heavy atom. The fourth-order valence-corrected chi connectivity index (χ4v) is 2.30. The van der Waals surface area contributed by atoms with Gasteiger partial charge in [-0.15, -0.1) is 0 Å². The molecule has 3 aromatic rings. The molecule has 0 unspecified atom stereocenters. The minimum atomic E-state index is 0.396. The first-order valence-electron chi connectivity index (χ1n) is 6.82. The summed E-state index contributed by atoms with van der Waals surface area (Å²) >= 11 is 5.99. The van der Waals surface area contributed by atoms with Crippen LogP contribution < -0.4 is 5.32 Å². The van der Waals surface area contributed by atoms with Crippen LogP contribution in [0.5, 0.6) is 0 Å². The Hall–Kier alpha value is -2.14. The lowest BCUT2D eigenvalue weighted by atomic mass is 10.0. The van der Waals surface area contributed by atoms with Crippen molar-refractivity contribution in [2.45, 2.75) is 26.3 Å². The van der Waals surface area contributed by atoms with Crippen LogP contribution in [0, 0.1) is 0 Å². The number of aromatic nitrogens is 4. The maximum Gasteiger partial charge on any atom is 0.255 e. The van der Waals surface area contributed by atoms with Gasteiger partial charge < -0.3 is 5.32 Å². The predicted octanol–water partition coefficient (Wildman–Crippen LogP) is 3.51. The second-order valence-corrected chi connectivity index (χ2v) is 5.57. The van der Waals surface area contributed by atoms with Crippen LogP contribution in [-0.4, -0.2) is 19.6 Å². The molecule has 0 spiro atoms. The molecular weight excluding hydrogens is 286 g/mol. The number of hydrogen-bond acceptors (Lipinski definition) is 4. The fourth-order valence-electron chi connectivity index (χ4n) is 2.12. The molecule has 1 N–H and O–H groups in total. The summed E-state index contributed by atoms with van der Waals surface area (Å²) in [7, 11) is 0. The normalized spacial score (nSPS) is 11.2. The molecule has 0 aliphatic rings. The number of nitrogens with zero attached hydrogens (tertiary/aromatic N) is 4. The van der Waals surface area contributed by atoms with Crippen molar-refractivity contribution in [3.05, 3.63) is 52.9 Å². The standard InChI is InChI=1S/C15H16ClN5/c1-10(2)12-5-3-11(4-6-12)8-17-14-7-13(16)20-15-18-9-19-21(14)15/h3-7,9-10,17H,8H2,1-2H3. The highest BCUT2D eigenvalue weighted by atomic mass is 35.5. The van der Waals surface area contributed by atoms with Gasteiger partial charge in [0.15, 0.2) is 0 Å². The van der Waals surface area contributed by atoms with Gasteiger partial charge in [0.25, 0.3) is 5.78 Å². The van der Waals surface area contributed by atoms with Crippen LogP contribution in [0.2, 0.25) is 5.15 Å². The quantitative estimate of drug-likeness (QED) is 0.749. The maximum atomic E-state index is 5.99. The molecule has 1 aromatic carbocycles. The van der Waals surface area contributed by atoms with Crippen molar-refractivity contribution < 1.29 is 0 Å². The molecule has 0 bridgehead atoms. The van der Waals surface area contributed by atoms with Gasteiger partial charge in [-0.3, -0.25) is 0 Å². The van der Waals surface area contributed by atoms with Crippen LogP contribution in [0.15, 0.2) is 36.7 Å². The zero-order chi connectivity index (χ0) is 14.8. The molecule has 0 atom stereocenters. The molecule has 0 amide bonds. The second kappa shape index (κ2) is 5.69. The minimum Gasteiger partial charge on any atom is -0.366 e. The van der Waals surface area contributed by atoms with Crippen LogP contribution in [0.3, 0.4) is 0 Å². The molecule has 108 valence electrons. The van der Waals surface area contributed by atoms with E-state index in [1.807, 2.05) is 0 Å². The lowest BCUT2D eigenvalue weighted by Crippen LogP contribution is -2.06. The number of rotatable bonds is 4. The topological polar surface area (TPSA) is 55.1 Å². The van der Waals surface area contributed by atoms with E-state index in [2.05, 4.69) is 58.5 Å². The number of fused-ring (bicyclic) bond motifs is 1. The second-order valence-electron chi connectivity index (χ2n) is 5.19. The highest BCUT2D eigenvalue weighted by Gasteiger charge is 2.06. The molecule has 3 rings (SSSR count). The highest BCUT2D eigenvalue weighted by molar-refractivity contribution is 6.29. The summed E-state index contributed by atoms with van der Waals surface area (Å²) < 4.78 is 1.63. The van der Waals surface area contributed by atoms with Gasteiger partial charge in [0.1, 0.15) is 17.3 Å². The molecule has 0 aliphatic carbocycles. The molecule has 2 aromatic heterocycles. The molecule has 21 heavy (non-hydrogen) atoms. The lowest BCUT2D eigenvalue weighted by molar-refractivity contribution is 0.864. The van der Waals surface area contributed by atoms with Crippen molar-refractivity contribution >= 4 is 23.2 Å². The van der Waals surface area contributed by atoms with Crippen molar-refractivity contribution in [2.24, 2.45) is 0 Å². The molecule has 2 heterocycles. The summed E-state index contributed by atoms with van der Waals surface area (Å²) in [5, 5.41) is 7.84. The molecule has 0 saturated heterocycles. The van der Waals surface area contributed by atoms with Crippen molar-refractivity contribution in [1.82, 2.24) is 19.6 Å². The largest absolute Gasteiger partial charge is 0.366 e. The Kier molecular flexibility index (Phi) is 3.75. The van der Waals surface area contributed by atoms with E-state index in [-0.39, 0.29) is 0 Å². The predicted molar refractivity (Wildman–Crippen MR) is 83.6 cm³/mol. The van der Waals surface area contributed by atoms with Gasteiger partial charge >= 0.3 is 0 Å². The van der Waals surface area contributed by atoms with Crippen LogP contribution >= 0.6 is 11.6 Å². The first-order chi connectivity index (χ1) is 10.1. The van der Waals surface area contributed by atoms with Gasteiger partial charge in [0, 0.05) is 12.6 Å². The summed E-state index contributed by atoms with van der Waals surface area (Å²) in [6, 6.07) is 10.3. The Morgan fingerprint density at radius 1 is 1.24 bits per heavy atom. The molecule has 6 heteroatoms. The summed E-state index contributed by atoms with van der Waals surface area (Å²) in [4.78, 5) is 8.14. The van der Waals surface area contributed by atoms with E-state index in [0.717, 1.165) is 5.82 Å². The van der Waals surface area contributed by atoms with Crippen LogP contribution in [0.1, 0.15) is 30.9 Å². The first kappa shape index (κ1) is 13.8. The number of halogens is 1. The summed E-state index contributed by atoms with van der Waals surface area (Å²) in [5.41, 5.74) is 2.53. The first-order valence-corrected chi connectivity index (χ1v) is 7.20. The number of benzene rings is 1. The van der Waals surface area contributed by atoms with Gasteiger partial charge in [-0.25, -0.2) is 0 Å². The third-order valence-corrected chi connectivity index (χ3v) is 3.53. The van der Waals surface area contributed by atoms with Crippen molar-refractivity contribution in [3.63, 3.8) is 0 Å². The molecule has 5 nitrogen and oxygen atoms in total. The third-order valence-electron chi connectivity index (χ3n) is 3.34. The molecule has 0 aliphatic heterocycles. The summed E-state index contributed by atoms with van der Waals surface area (Å²) in [6.07, 6.45) is 1.46. The highest BCUT2D eigenvalue weighted by Crippen LogP contribution is 2.17. The monoisotopic (exact) mass is 301 g/mol. The van der Waals surface area contributed by atoms with E-state index >= 15 is 0 Å². The number of nitrogens with one attached hydrogen (secondary N) is 1. The van der Waals surface area contributed by atoms with E-state index in [9.17, 15) is 0 Å². The van der Waals surface area contributed by atoms with Gasteiger partial charge in [-0.05, 0) is 17.0 Å². The van der Waals surface area contributed by atoms with Crippen molar-refractivity contribution in [1.29, 1.82) is 0 Å². The van der Waals surface area contributed by atoms with Gasteiger partial charge in [0.2, 0.25) is 0 Å². The van der Waals surface area contributed by atoms with E-state index in [0.29, 0.717) is 23.4 Å². The van der Waals surface area contributed by atoms with Crippen LogP contribution in [0.25, 0.3) is 5.78 Å². The lowest BCUT2D eigenvalue weighted by Gasteiger charge is -2.10. The van der Waals surface area contributed by atoms with Crippen LogP contribution in [-0.2, 0) is 6.54 Å². The van der Waals surface area contributed by atoms with Gasteiger partial charge in [0.05, 0.1) is 0 Å². The zero-order valence-electron chi connectivity index (χ0n) is 11.9. The van der Waals surface area contributed by atoms with E-state index in [1.165, 1.54) is 17.5 Å². The Balaban J connectivity index is 1.78. The van der Waals surface area contributed by atoms with Crippen molar-refractivity contribution in [2.75, 3.05) is 5.32 Å². The van der Waals surface area contributed by atoms with E-state index < -0.39 is 0 Å². The zero-order valence-corrected chi connectivity index (χ0v) is 12.7. The van der Waals surface area contributed by atoms with Gasteiger partial charge in [-0.1, -0.05) is 49.7 Å². The Labute approximate surface area is 128 Å². The summed E-state index contributed by atoms with van der Waals surface area (Å²) in [5.74, 6) is 1.80. The third kappa shape index (κ3) is 2.97. The smallest absolute Gasteiger partial charge is 0.255 e. The average molecular weight is 302 g/mol. The molecule has 0 fully saturated rings. The average Bonchev–Trinajstić information content (AvgIpc) is 2.93. The van der Waals surface area contributed by atoms with E-state index in [1.54, 1.807) is 10.6 Å². The summed E-state index contributed by atoms with van der Waals surface area (Å²) in [6.45, 7) is 5.06. The van der Waals surface area contributed by atoms with Crippen molar-refractivity contribution in [3.8, 4) is 0 Å². The number of anilines is 1. The number of hydrogen-bond donors (Lipinski definition) is 1. The maximum absolute atomic E-state index is 5.99. The van der Waals surface area contributed by atoms with Crippen LogP contribution in [0.4, 0.5) is 5.82 Å². The van der Waals surface area contributed by atoms with E-state index in [4.69, 9.17) is 11.6 Å².